The molecule has 2 amide bonds. The molecule has 8 heteroatoms. The average molecular weight is 424 g/mol. The van der Waals surface area contributed by atoms with Crippen LogP contribution in [-0.4, -0.2) is 39.3 Å². The summed E-state index contributed by atoms with van der Waals surface area (Å²) in [4.78, 5) is 46.8. The van der Waals surface area contributed by atoms with Gasteiger partial charge in [-0.25, -0.2) is 9.37 Å². The summed E-state index contributed by atoms with van der Waals surface area (Å²) in [6.45, 7) is 5.95. The first-order valence-corrected chi connectivity index (χ1v) is 10.1. The highest BCUT2D eigenvalue weighted by molar-refractivity contribution is 5.97. The van der Waals surface area contributed by atoms with Crippen molar-refractivity contribution in [1.82, 2.24) is 20.2 Å². The van der Waals surface area contributed by atoms with E-state index in [9.17, 15) is 18.8 Å². The van der Waals surface area contributed by atoms with Crippen molar-refractivity contribution in [3.05, 3.63) is 76.1 Å². The summed E-state index contributed by atoms with van der Waals surface area (Å²) >= 11 is 0. The number of likely N-dealkylation sites (N-methyl/N-ethyl adjacent to an activating group) is 1. The first-order chi connectivity index (χ1) is 14.8. The number of aromatic nitrogens is 2. The van der Waals surface area contributed by atoms with Crippen LogP contribution in [0, 0.1) is 11.7 Å². The van der Waals surface area contributed by atoms with E-state index in [4.69, 9.17) is 0 Å². The van der Waals surface area contributed by atoms with Crippen LogP contribution in [0.2, 0.25) is 0 Å². The number of hydrogen-bond donors (Lipinski definition) is 2. The van der Waals surface area contributed by atoms with Gasteiger partial charge in [0.25, 0.3) is 11.5 Å². The van der Waals surface area contributed by atoms with Crippen LogP contribution in [0.3, 0.4) is 0 Å². The van der Waals surface area contributed by atoms with E-state index in [1.165, 1.54) is 29.2 Å². The van der Waals surface area contributed by atoms with Gasteiger partial charge < -0.3 is 15.2 Å². The molecule has 1 heterocycles. The van der Waals surface area contributed by atoms with Crippen LogP contribution in [-0.2, 0) is 11.3 Å². The van der Waals surface area contributed by atoms with E-state index in [1.807, 2.05) is 20.8 Å². The van der Waals surface area contributed by atoms with Crippen LogP contribution in [0.15, 0.2) is 53.3 Å². The molecule has 1 aromatic heterocycles. The Morgan fingerprint density at radius 2 is 1.81 bits per heavy atom. The molecule has 3 rings (SSSR count). The fourth-order valence-corrected chi connectivity index (χ4v) is 3.27. The van der Waals surface area contributed by atoms with Gasteiger partial charge in [-0.15, -0.1) is 0 Å². The zero-order valence-electron chi connectivity index (χ0n) is 17.7. The van der Waals surface area contributed by atoms with Gasteiger partial charge in [-0.2, -0.15) is 0 Å². The highest BCUT2D eigenvalue weighted by Gasteiger charge is 2.29. The van der Waals surface area contributed by atoms with E-state index in [2.05, 4.69) is 15.3 Å². The summed E-state index contributed by atoms with van der Waals surface area (Å²) in [7, 11) is 0. The minimum absolute atomic E-state index is 0.102. The lowest BCUT2D eigenvalue weighted by molar-refractivity contribution is -0.134. The van der Waals surface area contributed by atoms with Gasteiger partial charge in [0.1, 0.15) is 17.7 Å². The first kappa shape index (κ1) is 22.1. The molecule has 0 bridgehead atoms. The third kappa shape index (κ3) is 5.14. The van der Waals surface area contributed by atoms with Crippen LogP contribution >= 0.6 is 0 Å². The third-order valence-corrected chi connectivity index (χ3v) is 5.02. The molecule has 1 unspecified atom stereocenters. The largest absolute Gasteiger partial charge is 0.340 e. The first-order valence-electron chi connectivity index (χ1n) is 10.1. The normalized spacial score (nSPS) is 12.0. The lowest BCUT2D eigenvalue weighted by atomic mass is 10.0. The monoisotopic (exact) mass is 424 g/mol. The molecule has 0 aliphatic heterocycles. The van der Waals surface area contributed by atoms with Crippen molar-refractivity contribution in [2.24, 2.45) is 5.92 Å². The maximum absolute atomic E-state index is 13.2. The summed E-state index contributed by atoms with van der Waals surface area (Å²) in [5.41, 5.74) is 0.548. The highest BCUT2D eigenvalue weighted by Crippen LogP contribution is 2.12. The number of H-pyrrole nitrogens is 1. The Balaban J connectivity index is 1.80. The summed E-state index contributed by atoms with van der Waals surface area (Å²) < 4.78 is 13.1. The maximum Gasteiger partial charge on any atom is 0.258 e. The van der Waals surface area contributed by atoms with Gasteiger partial charge in [0.05, 0.1) is 17.4 Å². The predicted octanol–water partition coefficient (Wildman–Crippen LogP) is 2.87. The minimum atomic E-state index is -0.787. The molecule has 3 aromatic rings. The Morgan fingerprint density at radius 1 is 1.13 bits per heavy atom. The number of para-hydroxylation sites is 1. The fourth-order valence-electron chi connectivity index (χ4n) is 3.27. The van der Waals surface area contributed by atoms with Crippen molar-refractivity contribution in [1.29, 1.82) is 0 Å². The van der Waals surface area contributed by atoms with Gasteiger partial charge in [0.2, 0.25) is 5.91 Å². The molecule has 0 spiro atoms. The Hall–Kier alpha value is -3.55. The van der Waals surface area contributed by atoms with E-state index >= 15 is 0 Å². The number of nitrogens with one attached hydrogen (secondary N) is 2. The molecule has 162 valence electrons. The standard InChI is InChI=1S/C23H25FN4O3/c1-4-28(13-19-25-18-8-6-5-7-17(18)22(30)26-19)23(31)20(14(2)3)27-21(29)15-9-11-16(24)12-10-15/h5-12,14,20H,4,13H2,1-3H3,(H,27,29)(H,25,26,30). The Labute approximate surface area is 179 Å². The van der Waals surface area contributed by atoms with Crippen LogP contribution in [0.25, 0.3) is 10.9 Å². The van der Waals surface area contributed by atoms with E-state index < -0.39 is 17.8 Å². The third-order valence-electron chi connectivity index (χ3n) is 5.02. The Bertz CT molecular complexity index is 1140. The second-order valence-electron chi connectivity index (χ2n) is 7.58. The highest BCUT2D eigenvalue weighted by atomic mass is 19.1. The van der Waals surface area contributed by atoms with Gasteiger partial charge in [-0.05, 0) is 49.2 Å². The molecule has 1 atom stereocenters. The lowest BCUT2D eigenvalue weighted by Crippen LogP contribution is -2.51. The van der Waals surface area contributed by atoms with E-state index in [0.29, 0.717) is 23.3 Å². The summed E-state index contributed by atoms with van der Waals surface area (Å²) in [5, 5.41) is 3.23. The number of amides is 2. The number of aromatic amines is 1. The van der Waals surface area contributed by atoms with Crippen molar-refractivity contribution in [2.75, 3.05) is 6.54 Å². The van der Waals surface area contributed by atoms with Gasteiger partial charge in [0.15, 0.2) is 0 Å². The maximum atomic E-state index is 13.2. The topological polar surface area (TPSA) is 95.2 Å². The Morgan fingerprint density at radius 3 is 2.45 bits per heavy atom. The van der Waals surface area contributed by atoms with Crippen molar-refractivity contribution in [2.45, 2.75) is 33.4 Å². The zero-order chi connectivity index (χ0) is 22.5. The van der Waals surface area contributed by atoms with Gasteiger partial charge >= 0.3 is 0 Å². The molecule has 0 saturated heterocycles. The van der Waals surface area contributed by atoms with E-state index in [-0.39, 0.29) is 29.5 Å². The lowest BCUT2D eigenvalue weighted by Gasteiger charge is -2.28. The molecule has 0 fully saturated rings. The average Bonchev–Trinajstić information content (AvgIpc) is 2.75. The molecule has 2 N–H and O–H groups in total. The van der Waals surface area contributed by atoms with E-state index in [0.717, 1.165) is 0 Å². The number of carbonyl (C=O) groups is 2. The summed E-state index contributed by atoms with van der Waals surface area (Å²) in [5.74, 6) is -1.01. The number of rotatable bonds is 7. The molecule has 7 nitrogen and oxygen atoms in total. The molecule has 2 aromatic carbocycles. The van der Waals surface area contributed by atoms with Crippen molar-refractivity contribution in [3.63, 3.8) is 0 Å². The Kier molecular flexibility index (Phi) is 6.79. The van der Waals surface area contributed by atoms with Crippen molar-refractivity contribution >= 4 is 22.7 Å². The zero-order valence-corrected chi connectivity index (χ0v) is 17.7. The van der Waals surface area contributed by atoms with Crippen molar-refractivity contribution < 1.29 is 14.0 Å². The molecular formula is C23H25FN4O3. The SMILES string of the molecule is CCN(Cc1nc2ccccc2c(=O)[nH]1)C(=O)C(NC(=O)c1ccc(F)cc1)C(C)C. The molecule has 0 saturated carbocycles. The minimum Gasteiger partial charge on any atom is -0.340 e. The molecule has 0 aliphatic rings. The number of halogens is 1. The van der Waals surface area contributed by atoms with Gasteiger partial charge in [-0.1, -0.05) is 26.0 Å². The predicted molar refractivity (Wildman–Crippen MR) is 116 cm³/mol. The number of fused-ring (bicyclic) bond motifs is 1. The van der Waals surface area contributed by atoms with Crippen LogP contribution in [0.1, 0.15) is 37.0 Å². The fraction of sp³-hybridized carbons (Fsp3) is 0.304. The summed E-state index contributed by atoms with van der Waals surface area (Å²) in [6.07, 6.45) is 0. The smallest absolute Gasteiger partial charge is 0.258 e. The van der Waals surface area contributed by atoms with Crippen molar-refractivity contribution in [3.8, 4) is 0 Å². The second kappa shape index (κ2) is 9.51. The van der Waals surface area contributed by atoms with E-state index in [1.54, 1.807) is 24.3 Å². The quantitative estimate of drug-likeness (QED) is 0.610. The summed E-state index contributed by atoms with van der Waals surface area (Å²) in [6, 6.07) is 11.3. The number of benzene rings is 2. The number of carbonyl (C=O) groups excluding carboxylic acids is 2. The van der Waals surface area contributed by atoms with Gasteiger partial charge in [-0.3, -0.25) is 14.4 Å². The molecule has 0 aliphatic carbocycles. The van der Waals surface area contributed by atoms with Gasteiger partial charge in [0, 0.05) is 12.1 Å². The molecule has 0 radical (unpaired) electrons. The van der Waals surface area contributed by atoms with Crippen LogP contribution < -0.4 is 10.9 Å². The van der Waals surface area contributed by atoms with Crippen LogP contribution in [0.5, 0.6) is 0 Å². The molecular weight excluding hydrogens is 399 g/mol. The molecule has 31 heavy (non-hydrogen) atoms. The van der Waals surface area contributed by atoms with Crippen LogP contribution in [0.4, 0.5) is 4.39 Å². The number of hydrogen-bond acceptors (Lipinski definition) is 4. The number of nitrogens with zero attached hydrogens (tertiary/aromatic N) is 2. The second-order valence-corrected chi connectivity index (χ2v) is 7.58.